The number of pyridine rings is 1. The molecule has 1 atom stereocenters. The Morgan fingerprint density at radius 1 is 1.55 bits per heavy atom. The maximum atomic E-state index is 12.0. The van der Waals surface area contributed by atoms with Crippen molar-refractivity contribution >= 4 is 42.2 Å². The summed E-state index contributed by atoms with van der Waals surface area (Å²) in [5.74, 6) is 0.291. The Balaban J connectivity index is 0.00000180. The number of nitrogens with one attached hydrogen (secondary N) is 1. The van der Waals surface area contributed by atoms with E-state index < -0.39 is 6.10 Å². The number of carbonyl (C=O) groups is 1. The first-order chi connectivity index (χ1) is 8.69. The number of nitrogens with two attached hydrogens (primary N) is 1. The van der Waals surface area contributed by atoms with Gasteiger partial charge in [0.1, 0.15) is 11.9 Å². The summed E-state index contributed by atoms with van der Waals surface area (Å²) in [5, 5.41) is 2.77. The van der Waals surface area contributed by atoms with Gasteiger partial charge in [0.25, 0.3) is 5.91 Å². The van der Waals surface area contributed by atoms with Gasteiger partial charge in [0, 0.05) is 13.1 Å². The van der Waals surface area contributed by atoms with E-state index in [9.17, 15) is 4.79 Å². The number of carbonyl (C=O) groups excluding carboxylic acids is 1. The Labute approximate surface area is 130 Å². The van der Waals surface area contributed by atoms with Crippen LogP contribution in [0.25, 0.3) is 0 Å². The molecule has 3 N–H and O–H groups in total. The van der Waals surface area contributed by atoms with Crippen LogP contribution in [-0.2, 0) is 9.53 Å². The van der Waals surface area contributed by atoms with Crippen LogP contribution in [-0.4, -0.2) is 48.1 Å². The van der Waals surface area contributed by atoms with Crippen LogP contribution in [0.2, 0.25) is 0 Å². The monoisotopic (exact) mass is 322 g/mol. The van der Waals surface area contributed by atoms with Crippen LogP contribution >= 0.6 is 24.8 Å². The molecule has 1 unspecified atom stereocenters. The minimum absolute atomic E-state index is 0. The molecule has 0 aliphatic carbocycles. The number of ether oxygens (including phenoxy) is 1. The lowest BCUT2D eigenvalue weighted by Gasteiger charge is -2.31. The number of likely N-dealkylation sites (N-methyl/N-ethyl adjacent to an activating group) is 1. The highest BCUT2D eigenvalue weighted by Gasteiger charge is 2.25. The highest BCUT2D eigenvalue weighted by atomic mass is 35.5. The first-order valence-corrected chi connectivity index (χ1v) is 6.05. The second-order valence-corrected chi connectivity index (χ2v) is 4.21. The number of amides is 1. The Morgan fingerprint density at radius 3 is 2.90 bits per heavy atom. The fraction of sp³-hybridized carbons (Fsp3) is 0.500. The maximum Gasteiger partial charge on any atom is 0.254 e. The summed E-state index contributed by atoms with van der Waals surface area (Å²) < 4.78 is 5.47. The Bertz CT molecular complexity index is 416. The van der Waals surface area contributed by atoms with Gasteiger partial charge < -0.3 is 15.8 Å². The van der Waals surface area contributed by atoms with Crippen molar-refractivity contribution in [2.45, 2.75) is 13.0 Å². The molecule has 2 rings (SSSR count). The Kier molecular flexibility index (Phi) is 8.48. The second-order valence-electron chi connectivity index (χ2n) is 4.21. The summed E-state index contributed by atoms with van der Waals surface area (Å²) in [6, 6.07) is 3.37. The highest BCUT2D eigenvalue weighted by molar-refractivity contribution is 5.94. The number of aromatic nitrogens is 1. The molecule has 1 amide bonds. The molecule has 0 spiro atoms. The Hall–Kier alpha value is -1.08. The molecule has 1 aliphatic heterocycles. The average Bonchev–Trinajstić information content (AvgIpc) is 2.41. The molecular formula is C12H20Cl2N4O2. The lowest BCUT2D eigenvalue weighted by molar-refractivity contribution is -0.132. The third-order valence-electron chi connectivity index (χ3n) is 2.94. The van der Waals surface area contributed by atoms with Gasteiger partial charge in [-0.2, -0.15) is 0 Å². The number of hydrogen-bond acceptors (Lipinski definition) is 5. The topological polar surface area (TPSA) is 80.5 Å². The van der Waals surface area contributed by atoms with E-state index in [0.717, 1.165) is 13.1 Å². The molecule has 0 saturated carbocycles. The third-order valence-corrected chi connectivity index (χ3v) is 2.94. The number of anilines is 2. The fourth-order valence-corrected chi connectivity index (χ4v) is 1.85. The third kappa shape index (κ3) is 5.13. The average molecular weight is 323 g/mol. The summed E-state index contributed by atoms with van der Waals surface area (Å²) in [7, 11) is 0. The summed E-state index contributed by atoms with van der Waals surface area (Å²) >= 11 is 0. The van der Waals surface area contributed by atoms with Gasteiger partial charge in [-0.25, -0.2) is 4.98 Å². The van der Waals surface area contributed by atoms with E-state index in [1.165, 1.54) is 6.20 Å². The maximum absolute atomic E-state index is 12.0. The van der Waals surface area contributed by atoms with Crippen molar-refractivity contribution in [2.75, 3.05) is 37.3 Å². The van der Waals surface area contributed by atoms with Crippen molar-refractivity contribution in [1.29, 1.82) is 0 Å². The molecule has 0 aromatic carbocycles. The van der Waals surface area contributed by atoms with Gasteiger partial charge in [-0.3, -0.25) is 9.69 Å². The molecule has 20 heavy (non-hydrogen) atoms. The smallest absolute Gasteiger partial charge is 0.254 e. The van der Waals surface area contributed by atoms with Gasteiger partial charge >= 0.3 is 0 Å². The lowest BCUT2D eigenvalue weighted by atomic mass is 10.2. The van der Waals surface area contributed by atoms with Gasteiger partial charge in [0.05, 0.1) is 18.5 Å². The van der Waals surface area contributed by atoms with Crippen molar-refractivity contribution in [3.8, 4) is 0 Å². The van der Waals surface area contributed by atoms with Crippen molar-refractivity contribution in [3.63, 3.8) is 0 Å². The first kappa shape index (κ1) is 18.9. The highest BCUT2D eigenvalue weighted by Crippen LogP contribution is 2.10. The molecule has 0 radical (unpaired) electrons. The molecule has 1 saturated heterocycles. The number of morpholine rings is 1. The molecule has 1 aromatic rings. The molecule has 0 bridgehead atoms. The molecule has 8 heteroatoms. The largest absolute Gasteiger partial charge is 0.384 e. The van der Waals surface area contributed by atoms with E-state index in [2.05, 4.69) is 22.1 Å². The standard InChI is InChI=1S/C12H18N4O2.2ClH/c1-2-16-5-6-18-10(8-16)12(17)15-9-3-4-11(13)14-7-9;;/h3-4,7,10H,2,5-6,8H2,1H3,(H2,13,14)(H,15,17);2*1H. The summed E-state index contributed by atoms with van der Waals surface area (Å²) in [6.07, 6.45) is 1.12. The molecular weight excluding hydrogens is 303 g/mol. The summed E-state index contributed by atoms with van der Waals surface area (Å²) in [4.78, 5) is 18.1. The zero-order valence-electron chi connectivity index (χ0n) is 11.2. The van der Waals surface area contributed by atoms with Crippen LogP contribution in [0.15, 0.2) is 18.3 Å². The number of nitrogen functional groups attached to an aromatic ring is 1. The summed E-state index contributed by atoms with van der Waals surface area (Å²) in [5.41, 5.74) is 6.11. The molecule has 1 aliphatic rings. The van der Waals surface area contributed by atoms with Gasteiger partial charge in [0.2, 0.25) is 0 Å². The number of rotatable bonds is 3. The quantitative estimate of drug-likeness (QED) is 0.873. The molecule has 1 aromatic heterocycles. The number of hydrogen-bond donors (Lipinski definition) is 2. The first-order valence-electron chi connectivity index (χ1n) is 6.05. The predicted octanol–water partition coefficient (Wildman–Crippen LogP) is 1.17. The van der Waals surface area contributed by atoms with E-state index >= 15 is 0 Å². The van der Waals surface area contributed by atoms with E-state index in [4.69, 9.17) is 10.5 Å². The Morgan fingerprint density at radius 2 is 2.30 bits per heavy atom. The molecule has 114 valence electrons. The number of halogens is 2. The van der Waals surface area contributed by atoms with Crippen LogP contribution in [0.1, 0.15) is 6.92 Å². The minimum atomic E-state index is -0.420. The second kappa shape index (κ2) is 8.97. The zero-order valence-corrected chi connectivity index (χ0v) is 12.9. The lowest BCUT2D eigenvalue weighted by Crippen LogP contribution is -2.47. The van der Waals surface area contributed by atoms with E-state index in [-0.39, 0.29) is 30.7 Å². The van der Waals surface area contributed by atoms with Crippen LogP contribution in [0.3, 0.4) is 0 Å². The van der Waals surface area contributed by atoms with Gasteiger partial charge in [0.15, 0.2) is 0 Å². The van der Waals surface area contributed by atoms with Crippen LogP contribution in [0.5, 0.6) is 0 Å². The van der Waals surface area contributed by atoms with E-state index in [1.807, 2.05) is 0 Å². The van der Waals surface area contributed by atoms with Gasteiger partial charge in [-0.1, -0.05) is 6.92 Å². The van der Waals surface area contributed by atoms with Gasteiger partial charge in [-0.05, 0) is 18.7 Å². The zero-order chi connectivity index (χ0) is 13.0. The van der Waals surface area contributed by atoms with Crippen molar-refractivity contribution < 1.29 is 9.53 Å². The molecule has 1 fully saturated rings. The SMILES string of the molecule is CCN1CCOC(C(=O)Nc2ccc(N)nc2)C1.Cl.Cl. The minimum Gasteiger partial charge on any atom is -0.384 e. The fourth-order valence-electron chi connectivity index (χ4n) is 1.85. The summed E-state index contributed by atoms with van der Waals surface area (Å²) in [6.45, 7) is 5.10. The predicted molar refractivity (Wildman–Crippen MR) is 83.6 cm³/mol. The van der Waals surface area contributed by atoms with Crippen LogP contribution in [0, 0.1) is 0 Å². The van der Waals surface area contributed by atoms with E-state index in [0.29, 0.717) is 24.7 Å². The van der Waals surface area contributed by atoms with Crippen molar-refractivity contribution in [3.05, 3.63) is 18.3 Å². The molecule has 6 nitrogen and oxygen atoms in total. The normalized spacial score (nSPS) is 18.6. The van der Waals surface area contributed by atoms with Crippen molar-refractivity contribution in [2.24, 2.45) is 0 Å². The number of nitrogens with zero attached hydrogens (tertiary/aromatic N) is 2. The van der Waals surface area contributed by atoms with Crippen molar-refractivity contribution in [1.82, 2.24) is 9.88 Å². The van der Waals surface area contributed by atoms with Crippen LogP contribution < -0.4 is 11.1 Å². The van der Waals surface area contributed by atoms with Crippen LogP contribution in [0.4, 0.5) is 11.5 Å². The van der Waals surface area contributed by atoms with E-state index in [1.54, 1.807) is 12.1 Å². The molecule has 2 heterocycles. The van der Waals surface area contributed by atoms with Gasteiger partial charge in [-0.15, -0.1) is 24.8 Å².